The lowest BCUT2D eigenvalue weighted by atomic mass is 10.0. The van der Waals surface area contributed by atoms with Crippen LogP contribution in [0.5, 0.6) is 0 Å². The van der Waals surface area contributed by atoms with Crippen molar-refractivity contribution in [1.82, 2.24) is 4.90 Å². The van der Waals surface area contributed by atoms with Crippen molar-refractivity contribution in [2.24, 2.45) is 11.1 Å². The van der Waals surface area contributed by atoms with E-state index in [0.29, 0.717) is 13.1 Å². The van der Waals surface area contributed by atoms with E-state index in [2.05, 4.69) is 0 Å². The van der Waals surface area contributed by atoms with Crippen LogP contribution in [0, 0.1) is 5.41 Å². The van der Waals surface area contributed by atoms with Crippen molar-refractivity contribution in [3.8, 4) is 0 Å². The van der Waals surface area contributed by atoms with Gasteiger partial charge in [-0.15, -0.1) is 0 Å². The predicted molar refractivity (Wildman–Crippen MR) is 58.1 cm³/mol. The largest absolute Gasteiger partial charge is 0.401 e. The lowest BCUT2D eigenvalue weighted by Crippen LogP contribution is -2.42. The molecule has 0 amide bonds. The summed E-state index contributed by atoms with van der Waals surface area (Å²) in [5.41, 5.74) is 5.57. The van der Waals surface area contributed by atoms with Crippen LogP contribution in [0.2, 0.25) is 0 Å². The Balaban J connectivity index is 2.52. The Hall–Kier alpha value is -0.290. The molecule has 2 nitrogen and oxygen atoms in total. The van der Waals surface area contributed by atoms with Crippen LogP contribution in [-0.2, 0) is 0 Å². The monoisotopic (exact) mass is 238 g/mol. The number of rotatable bonds is 6. The van der Waals surface area contributed by atoms with Crippen LogP contribution in [0.15, 0.2) is 0 Å². The van der Waals surface area contributed by atoms with Gasteiger partial charge in [-0.3, -0.25) is 4.90 Å². The Morgan fingerprint density at radius 2 is 1.88 bits per heavy atom. The van der Waals surface area contributed by atoms with Crippen molar-refractivity contribution in [1.29, 1.82) is 0 Å². The molecule has 0 heterocycles. The number of hydrogen-bond acceptors (Lipinski definition) is 2. The van der Waals surface area contributed by atoms with Gasteiger partial charge in [0, 0.05) is 12.6 Å². The van der Waals surface area contributed by atoms with Crippen LogP contribution < -0.4 is 5.73 Å². The van der Waals surface area contributed by atoms with Gasteiger partial charge in [-0.25, -0.2) is 0 Å². The normalized spacial score (nSPS) is 19.5. The first kappa shape index (κ1) is 13.8. The quantitative estimate of drug-likeness (QED) is 0.770. The molecule has 0 aliphatic heterocycles. The van der Waals surface area contributed by atoms with Crippen LogP contribution in [0.4, 0.5) is 13.2 Å². The topological polar surface area (TPSA) is 29.3 Å². The molecule has 0 aromatic rings. The molecule has 5 heteroatoms. The van der Waals surface area contributed by atoms with Crippen LogP contribution in [-0.4, -0.2) is 36.8 Å². The predicted octanol–water partition coefficient (Wildman–Crippen LogP) is 2.39. The maximum absolute atomic E-state index is 12.4. The van der Waals surface area contributed by atoms with Crippen molar-refractivity contribution in [3.63, 3.8) is 0 Å². The fourth-order valence-electron chi connectivity index (χ4n) is 2.05. The molecule has 1 fully saturated rings. The van der Waals surface area contributed by atoms with E-state index in [9.17, 15) is 13.2 Å². The molecule has 16 heavy (non-hydrogen) atoms. The molecule has 1 rings (SSSR count). The van der Waals surface area contributed by atoms with Gasteiger partial charge in [0.25, 0.3) is 0 Å². The first-order chi connectivity index (χ1) is 7.28. The first-order valence-electron chi connectivity index (χ1n) is 5.79. The minimum atomic E-state index is -4.11. The summed E-state index contributed by atoms with van der Waals surface area (Å²) in [6.07, 6.45) is -1.23. The van der Waals surface area contributed by atoms with Gasteiger partial charge in [0.2, 0.25) is 0 Å². The zero-order chi connectivity index (χ0) is 12.4. The summed E-state index contributed by atoms with van der Waals surface area (Å²) in [6.45, 7) is 3.91. The number of nitrogens with two attached hydrogens (primary N) is 1. The van der Waals surface area contributed by atoms with Gasteiger partial charge in [0.1, 0.15) is 0 Å². The lowest BCUT2D eigenvalue weighted by molar-refractivity contribution is -0.151. The Bertz CT molecular complexity index is 222. The van der Waals surface area contributed by atoms with Crippen LogP contribution in [0.1, 0.15) is 33.1 Å². The third-order valence-electron chi connectivity index (χ3n) is 3.28. The average molecular weight is 238 g/mol. The Kier molecular flexibility index (Phi) is 4.23. The molecule has 0 saturated heterocycles. The minimum Gasteiger partial charge on any atom is -0.330 e. The number of alkyl halides is 3. The second-order valence-electron chi connectivity index (χ2n) is 5.15. The molecule has 0 atom stereocenters. The van der Waals surface area contributed by atoms with E-state index in [-0.39, 0.29) is 11.5 Å². The fraction of sp³-hybridized carbons (Fsp3) is 1.00. The highest BCUT2D eigenvalue weighted by atomic mass is 19.4. The molecular weight excluding hydrogens is 217 g/mol. The van der Waals surface area contributed by atoms with E-state index in [4.69, 9.17) is 5.73 Å². The van der Waals surface area contributed by atoms with Gasteiger partial charge in [-0.05, 0) is 45.1 Å². The minimum absolute atomic E-state index is 0.0723. The molecule has 1 aliphatic carbocycles. The number of nitrogens with zero attached hydrogens (tertiary/aromatic N) is 1. The summed E-state index contributed by atoms with van der Waals surface area (Å²) in [5.74, 6) is 0. The molecule has 1 saturated carbocycles. The lowest BCUT2D eigenvalue weighted by Gasteiger charge is -2.31. The van der Waals surface area contributed by atoms with Crippen LogP contribution >= 0.6 is 0 Å². The molecule has 0 radical (unpaired) electrons. The highest BCUT2D eigenvalue weighted by Crippen LogP contribution is 2.49. The second-order valence-corrected chi connectivity index (χ2v) is 5.15. The SMILES string of the molecule is CC(C)N(CC(F)(F)F)CC1(CCN)CC1. The van der Waals surface area contributed by atoms with E-state index >= 15 is 0 Å². The number of hydrogen-bond donors (Lipinski definition) is 1. The Morgan fingerprint density at radius 1 is 1.31 bits per heavy atom. The molecule has 1 aliphatic rings. The number of halogens is 3. The van der Waals surface area contributed by atoms with Crippen LogP contribution in [0.25, 0.3) is 0 Å². The molecule has 2 N–H and O–H groups in total. The Labute approximate surface area is 95.0 Å². The molecule has 0 unspecified atom stereocenters. The molecule has 96 valence electrons. The third-order valence-corrected chi connectivity index (χ3v) is 3.28. The van der Waals surface area contributed by atoms with E-state index < -0.39 is 12.7 Å². The first-order valence-corrected chi connectivity index (χ1v) is 5.79. The summed E-state index contributed by atoms with van der Waals surface area (Å²) in [4.78, 5) is 1.52. The van der Waals surface area contributed by atoms with E-state index in [1.54, 1.807) is 0 Å². The summed E-state index contributed by atoms with van der Waals surface area (Å²) >= 11 is 0. The molecule has 0 bridgehead atoms. The molecular formula is C11H21F3N2. The van der Waals surface area contributed by atoms with Gasteiger partial charge < -0.3 is 5.73 Å². The van der Waals surface area contributed by atoms with Gasteiger partial charge in [0.05, 0.1) is 6.54 Å². The fourth-order valence-corrected chi connectivity index (χ4v) is 2.05. The summed E-state index contributed by atoms with van der Waals surface area (Å²) in [7, 11) is 0. The second kappa shape index (κ2) is 4.92. The highest BCUT2D eigenvalue weighted by Gasteiger charge is 2.45. The smallest absolute Gasteiger partial charge is 0.330 e. The van der Waals surface area contributed by atoms with Crippen molar-refractivity contribution in [3.05, 3.63) is 0 Å². The standard InChI is InChI=1S/C11H21F3N2/c1-9(2)16(8-11(12,13)14)7-10(3-4-10)5-6-15/h9H,3-8,15H2,1-2H3. The van der Waals surface area contributed by atoms with Gasteiger partial charge >= 0.3 is 6.18 Å². The highest BCUT2D eigenvalue weighted by molar-refractivity contribution is 4.96. The van der Waals surface area contributed by atoms with Gasteiger partial charge in [-0.2, -0.15) is 13.2 Å². The van der Waals surface area contributed by atoms with Gasteiger partial charge in [0.15, 0.2) is 0 Å². The molecule has 0 aromatic carbocycles. The van der Waals surface area contributed by atoms with Crippen molar-refractivity contribution in [2.45, 2.75) is 45.3 Å². The van der Waals surface area contributed by atoms with E-state index in [1.165, 1.54) is 4.90 Å². The maximum atomic E-state index is 12.4. The van der Waals surface area contributed by atoms with E-state index in [1.807, 2.05) is 13.8 Å². The summed E-state index contributed by atoms with van der Waals surface area (Å²) in [6, 6.07) is -0.0723. The molecule has 0 aromatic heterocycles. The maximum Gasteiger partial charge on any atom is 0.401 e. The van der Waals surface area contributed by atoms with Gasteiger partial charge in [-0.1, -0.05) is 0 Å². The summed E-state index contributed by atoms with van der Waals surface area (Å²) in [5, 5.41) is 0. The summed E-state index contributed by atoms with van der Waals surface area (Å²) < 4.78 is 37.1. The van der Waals surface area contributed by atoms with Crippen molar-refractivity contribution < 1.29 is 13.2 Å². The zero-order valence-electron chi connectivity index (χ0n) is 9.98. The van der Waals surface area contributed by atoms with Crippen molar-refractivity contribution in [2.75, 3.05) is 19.6 Å². The third kappa shape index (κ3) is 4.29. The Morgan fingerprint density at radius 3 is 2.19 bits per heavy atom. The van der Waals surface area contributed by atoms with Crippen molar-refractivity contribution >= 4 is 0 Å². The van der Waals surface area contributed by atoms with Crippen LogP contribution in [0.3, 0.4) is 0 Å². The molecule has 0 spiro atoms. The zero-order valence-corrected chi connectivity index (χ0v) is 9.98. The van der Waals surface area contributed by atoms with E-state index in [0.717, 1.165) is 19.3 Å². The average Bonchev–Trinajstić information content (AvgIpc) is 2.82.